The number of hydrogen-bond donors (Lipinski definition) is 1. The summed E-state index contributed by atoms with van der Waals surface area (Å²) < 4.78 is 5.59. The maximum atomic E-state index is 14.1. The molecule has 3 aromatic carbocycles. The van der Waals surface area contributed by atoms with Crippen LogP contribution in [0.1, 0.15) is 49.0 Å². The normalized spacial score (nSPS) is 26.2. The molecule has 2 aliphatic rings. The van der Waals surface area contributed by atoms with Crippen molar-refractivity contribution in [2.24, 2.45) is 11.8 Å². The zero-order chi connectivity index (χ0) is 26.2. The van der Waals surface area contributed by atoms with Crippen LogP contribution in [0.15, 0.2) is 66.7 Å². The van der Waals surface area contributed by atoms with E-state index in [1.165, 1.54) is 5.56 Å². The van der Waals surface area contributed by atoms with Gasteiger partial charge in [0.2, 0.25) is 0 Å². The van der Waals surface area contributed by atoms with Crippen LogP contribution in [-0.2, 0) is 5.41 Å². The molecule has 5 heteroatoms. The second kappa shape index (κ2) is 10.5. The standard InChI is InChI=1S/C32H40N2O3/c1-22(2)20-34(31(36)25-13-12-23-8-5-6-9-24(23)16-25)27-18-30(35)29-21-33(3)15-14-32(29,19-27)26-10-7-11-28(17-26)37-4/h5-13,16-17,22,27,29-30,35H,14-15,18-21H2,1-4H3/t27-,29-,30?,32-/m0/s1. The van der Waals surface area contributed by atoms with E-state index in [9.17, 15) is 9.90 Å². The number of piperidine rings is 1. The summed E-state index contributed by atoms with van der Waals surface area (Å²) in [5, 5.41) is 13.8. The van der Waals surface area contributed by atoms with E-state index in [4.69, 9.17) is 4.74 Å². The molecule has 0 spiro atoms. The molecule has 1 N–H and O–H groups in total. The van der Waals surface area contributed by atoms with Crippen LogP contribution in [0.25, 0.3) is 10.8 Å². The van der Waals surface area contributed by atoms with E-state index >= 15 is 0 Å². The first kappa shape index (κ1) is 25.7. The van der Waals surface area contributed by atoms with Crippen LogP contribution in [-0.4, -0.2) is 66.8 Å². The summed E-state index contributed by atoms with van der Waals surface area (Å²) in [5.74, 6) is 1.34. The van der Waals surface area contributed by atoms with Gasteiger partial charge in [0, 0.05) is 36.0 Å². The van der Waals surface area contributed by atoms with Gasteiger partial charge in [0.15, 0.2) is 0 Å². The van der Waals surface area contributed by atoms with Crippen LogP contribution in [0.2, 0.25) is 0 Å². The van der Waals surface area contributed by atoms with Crippen molar-refractivity contribution in [2.75, 3.05) is 33.8 Å². The zero-order valence-corrected chi connectivity index (χ0v) is 22.6. The Hall–Kier alpha value is -2.89. The first-order chi connectivity index (χ1) is 17.8. The fraction of sp³-hybridized carbons (Fsp3) is 0.469. The molecule has 3 aromatic rings. The molecule has 1 amide bonds. The lowest BCUT2D eigenvalue weighted by Crippen LogP contribution is -2.61. The fourth-order valence-electron chi connectivity index (χ4n) is 6.79. The summed E-state index contributed by atoms with van der Waals surface area (Å²) in [6.45, 7) is 6.82. The zero-order valence-electron chi connectivity index (χ0n) is 22.6. The average molecular weight is 501 g/mol. The molecule has 1 saturated heterocycles. The van der Waals surface area contributed by atoms with E-state index in [0.717, 1.165) is 48.0 Å². The first-order valence-corrected chi connectivity index (χ1v) is 13.6. The maximum Gasteiger partial charge on any atom is 0.254 e. The van der Waals surface area contributed by atoms with E-state index in [0.29, 0.717) is 18.9 Å². The van der Waals surface area contributed by atoms with Crippen molar-refractivity contribution in [2.45, 2.75) is 50.7 Å². The Labute approximate surface area is 221 Å². The molecule has 1 aliphatic heterocycles. The molecule has 37 heavy (non-hydrogen) atoms. The number of carbonyl (C=O) groups is 1. The highest BCUT2D eigenvalue weighted by Crippen LogP contribution is 2.50. The van der Waals surface area contributed by atoms with Gasteiger partial charge in [-0.2, -0.15) is 0 Å². The van der Waals surface area contributed by atoms with Gasteiger partial charge >= 0.3 is 0 Å². The van der Waals surface area contributed by atoms with Crippen molar-refractivity contribution in [1.82, 2.24) is 9.80 Å². The molecule has 5 rings (SSSR count). The number of hydrogen-bond acceptors (Lipinski definition) is 4. The summed E-state index contributed by atoms with van der Waals surface area (Å²) in [5.41, 5.74) is 1.73. The number of aliphatic hydroxyl groups is 1. The van der Waals surface area contributed by atoms with Crippen molar-refractivity contribution in [3.05, 3.63) is 77.9 Å². The number of benzene rings is 3. The number of fused-ring (bicyclic) bond motifs is 2. The molecule has 196 valence electrons. The quantitative estimate of drug-likeness (QED) is 0.495. The summed E-state index contributed by atoms with van der Waals surface area (Å²) in [4.78, 5) is 18.5. The van der Waals surface area contributed by atoms with Crippen molar-refractivity contribution in [3.63, 3.8) is 0 Å². The number of likely N-dealkylation sites (tertiary alicyclic amines) is 1. The smallest absolute Gasteiger partial charge is 0.254 e. The average Bonchev–Trinajstić information content (AvgIpc) is 2.91. The number of rotatable bonds is 6. The Kier molecular flexibility index (Phi) is 7.28. The highest BCUT2D eigenvalue weighted by Gasteiger charge is 2.53. The predicted octanol–water partition coefficient (Wildman–Crippen LogP) is 5.36. The number of aliphatic hydroxyl groups excluding tert-OH is 1. The van der Waals surface area contributed by atoms with Crippen molar-refractivity contribution in [1.29, 1.82) is 0 Å². The molecule has 0 aromatic heterocycles. The lowest BCUT2D eigenvalue weighted by molar-refractivity contribution is -0.0606. The first-order valence-electron chi connectivity index (χ1n) is 13.6. The number of methoxy groups -OCH3 is 1. The largest absolute Gasteiger partial charge is 0.497 e. The minimum Gasteiger partial charge on any atom is -0.497 e. The van der Waals surface area contributed by atoms with Gasteiger partial charge in [-0.15, -0.1) is 0 Å². The molecule has 1 heterocycles. The fourth-order valence-corrected chi connectivity index (χ4v) is 6.79. The van der Waals surface area contributed by atoms with Crippen LogP contribution in [0.5, 0.6) is 5.75 Å². The molecule has 5 nitrogen and oxygen atoms in total. The lowest BCUT2D eigenvalue weighted by Gasteiger charge is -2.56. The van der Waals surface area contributed by atoms with Crippen LogP contribution in [0, 0.1) is 11.8 Å². The van der Waals surface area contributed by atoms with Gasteiger partial charge in [0.1, 0.15) is 5.75 Å². The Morgan fingerprint density at radius 2 is 1.89 bits per heavy atom. The van der Waals surface area contributed by atoms with E-state index in [1.54, 1.807) is 7.11 Å². The molecule has 0 bridgehead atoms. The number of nitrogens with zero attached hydrogens (tertiary/aromatic N) is 2. The Balaban J connectivity index is 1.54. The SMILES string of the molecule is COc1cccc([C@@]23CCN(C)C[C@H]2C(O)C[C@H](N(CC(C)C)C(=O)c2ccc4ccccc4c2)C3)c1. The van der Waals surface area contributed by atoms with E-state index in [1.807, 2.05) is 36.4 Å². The topological polar surface area (TPSA) is 53.0 Å². The molecular formula is C32H40N2O3. The van der Waals surface area contributed by atoms with Gasteiger partial charge < -0.3 is 19.6 Å². The lowest BCUT2D eigenvalue weighted by atomic mass is 9.56. The molecule has 1 unspecified atom stereocenters. The van der Waals surface area contributed by atoms with Gasteiger partial charge in [0.25, 0.3) is 5.91 Å². The van der Waals surface area contributed by atoms with Crippen molar-refractivity contribution >= 4 is 16.7 Å². The highest BCUT2D eigenvalue weighted by atomic mass is 16.5. The summed E-state index contributed by atoms with van der Waals surface area (Å²) in [7, 11) is 3.84. The van der Waals surface area contributed by atoms with Crippen molar-refractivity contribution < 1.29 is 14.6 Å². The molecule has 4 atom stereocenters. The van der Waals surface area contributed by atoms with Gasteiger partial charge in [-0.1, -0.05) is 56.3 Å². The van der Waals surface area contributed by atoms with Crippen LogP contribution in [0.3, 0.4) is 0 Å². The molecule has 0 radical (unpaired) electrons. The predicted molar refractivity (Wildman–Crippen MR) is 149 cm³/mol. The van der Waals surface area contributed by atoms with E-state index in [2.05, 4.69) is 61.0 Å². The van der Waals surface area contributed by atoms with Gasteiger partial charge in [0.05, 0.1) is 13.2 Å². The number of ether oxygens (including phenoxy) is 1. The van der Waals surface area contributed by atoms with Crippen LogP contribution < -0.4 is 4.74 Å². The van der Waals surface area contributed by atoms with E-state index < -0.39 is 6.10 Å². The third kappa shape index (κ3) is 4.99. The number of amides is 1. The Morgan fingerprint density at radius 1 is 1.11 bits per heavy atom. The number of carbonyl (C=O) groups excluding carboxylic acids is 1. The summed E-state index contributed by atoms with van der Waals surface area (Å²) in [6, 6.07) is 22.5. The molecule has 1 saturated carbocycles. The minimum atomic E-state index is -0.480. The van der Waals surface area contributed by atoms with Gasteiger partial charge in [-0.05, 0) is 79.4 Å². The monoisotopic (exact) mass is 500 g/mol. The summed E-state index contributed by atoms with van der Waals surface area (Å²) in [6.07, 6.45) is 1.93. The van der Waals surface area contributed by atoms with Crippen molar-refractivity contribution in [3.8, 4) is 5.75 Å². The Bertz CT molecular complexity index is 1260. The molecular weight excluding hydrogens is 460 g/mol. The molecule has 1 aliphatic carbocycles. The molecule has 2 fully saturated rings. The highest BCUT2D eigenvalue weighted by molar-refractivity contribution is 5.98. The van der Waals surface area contributed by atoms with Gasteiger partial charge in [-0.25, -0.2) is 0 Å². The van der Waals surface area contributed by atoms with Gasteiger partial charge in [-0.3, -0.25) is 4.79 Å². The summed E-state index contributed by atoms with van der Waals surface area (Å²) >= 11 is 0. The maximum absolute atomic E-state index is 14.1. The van der Waals surface area contributed by atoms with Crippen LogP contribution >= 0.6 is 0 Å². The second-order valence-corrected chi connectivity index (χ2v) is 11.6. The minimum absolute atomic E-state index is 0.0396. The second-order valence-electron chi connectivity index (χ2n) is 11.6. The van der Waals surface area contributed by atoms with Crippen LogP contribution in [0.4, 0.5) is 0 Å². The third-order valence-electron chi connectivity index (χ3n) is 8.64. The third-order valence-corrected chi connectivity index (χ3v) is 8.64. The Morgan fingerprint density at radius 3 is 2.65 bits per heavy atom. The van der Waals surface area contributed by atoms with E-state index in [-0.39, 0.29) is 23.3 Å².